The number of thiazole rings is 2. The molecule has 4 aromatic heterocycles. The highest BCUT2D eigenvalue weighted by atomic mass is 32.1. The maximum atomic E-state index is 13.6. The molecule has 0 fully saturated rings. The molecule has 1 aromatic carbocycles. The predicted molar refractivity (Wildman–Crippen MR) is 135 cm³/mol. The van der Waals surface area contributed by atoms with Crippen molar-refractivity contribution >= 4 is 22.7 Å². The Kier molecular flexibility index (Phi) is 5.42. The van der Waals surface area contributed by atoms with E-state index in [1.54, 1.807) is 27.4 Å². The molecule has 5 aromatic rings. The first-order valence-corrected chi connectivity index (χ1v) is 12.5. The predicted octanol–water partition coefficient (Wildman–Crippen LogP) is 5.37. The summed E-state index contributed by atoms with van der Waals surface area (Å²) in [5, 5.41) is 6.31. The fourth-order valence-electron chi connectivity index (χ4n) is 4.34. The van der Waals surface area contributed by atoms with Crippen molar-refractivity contribution in [3.63, 3.8) is 0 Å². The molecule has 0 saturated carbocycles. The number of aromatic nitrogens is 5. The van der Waals surface area contributed by atoms with Gasteiger partial charge in [-0.25, -0.2) is 14.6 Å². The minimum absolute atomic E-state index is 0.0348. The molecule has 33 heavy (non-hydrogen) atoms. The van der Waals surface area contributed by atoms with E-state index in [4.69, 9.17) is 4.98 Å². The molecule has 8 heteroatoms. The third kappa shape index (κ3) is 3.69. The average molecular weight is 476 g/mol. The van der Waals surface area contributed by atoms with Crippen LogP contribution in [-0.4, -0.2) is 23.9 Å². The number of hydrogen-bond donors (Lipinski definition) is 0. The number of nitrogens with zero attached hydrogens (tertiary/aromatic N) is 5. The fourth-order valence-corrected chi connectivity index (χ4v) is 5.76. The molecule has 0 amide bonds. The molecule has 0 N–H and O–H groups in total. The molecule has 6 nitrogen and oxygen atoms in total. The molecule has 4 heterocycles. The van der Waals surface area contributed by atoms with Gasteiger partial charge in [-0.05, 0) is 45.9 Å². The van der Waals surface area contributed by atoms with Crippen LogP contribution in [0.25, 0.3) is 22.6 Å². The summed E-state index contributed by atoms with van der Waals surface area (Å²) in [4.78, 5) is 23.0. The third-order valence-electron chi connectivity index (χ3n) is 6.01. The van der Waals surface area contributed by atoms with E-state index < -0.39 is 0 Å². The molecule has 168 valence electrons. The van der Waals surface area contributed by atoms with E-state index in [-0.39, 0.29) is 5.56 Å². The van der Waals surface area contributed by atoms with Crippen LogP contribution < -0.4 is 5.56 Å². The van der Waals surface area contributed by atoms with Gasteiger partial charge in [0.1, 0.15) is 5.69 Å². The van der Waals surface area contributed by atoms with Gasteiger partial charge in [0.2, 0.25) is 0 Å². The second-order valence-corrected chi connectivity index (χ2v) is 10.2. The normalized spacial score (nSPS) is 11.4. The van der Waals surface area contributed by atoms with Crippen LogP contribution >= 0.6 is 22.7 Å². The monoisotopic (exact) mass is 475 g/mol. The summed E-state index contributed by atoms with van der Waals surface area (Å²) in [6.07, 6.45) is 0.743. The van der Waals surface area contributed by atoms with E-state index in [0.29, 0.717) is 5.69 Å². The van der Waals surface area contributed by atoms with Gasteiger partial charge in [0, 0.05) is 41.2 Å². The maximum Gasteiger partial charge on any atom is 0.295 e. The average Bonchev–Trinajstić information content (AvgIpc) is 3.54. The van der Waals surface area contributed by atoms with E-state index in [9.17, 15) is 4.79 Å². The first-order valence-electron chi connectivity index (χ1n) is 10.7. The van der Waals surface area contributed by atoms with E-state index in [0.717, 1.165) is 56.2 Å². The lowest BCUT2D eigenvalue weighted by Crippen LogP contribution is -2.21. The Morgan fingerprint density at radius 3 is 2.39 bits per heavy atom. The van der Waals surface area contributed by atoms with Crippen LogP contribution in [0.15, 0.2) is 52.0 Å². The number of aryl methyl sites for hydroxylation is 2. The molecule has 0 aliphatic rings. The Morgan fingerprint density at radius 1 is 0.939 bits per heavy atom. The summed E-state index contributed by atoms with van der Waals surface area (Å²) in [6, 6.07) is 11.9. The highest BCUT2D eigenvalue weighted by Gasteiger charge is 2.23. The van der Waals surface area contributed by atoms with E-state index in [1.807, 2.05) is 62.8 Å². The minimum atomic E-state index is -0.0348. The van der Waals surface area contributed by atoms with E-state index in [1.165, 1.54) is 0 Å². The number of rotatable bonds is 5. The van der Waals surface area contributed by atoms with Crippen molar-refractivity contribution in [3.8, 4) is 22.6 Å². The largest absolute Gasteiger partial charge is 0.311 e. The van der Waals surface area contributed by atoms with Gasteiger partial charge in [-0.2, -0.15) is 0 Å². The van der Waals surface area contributed by atoms with Gasteiger partial charge in [-0.15, -0.1) is 22.7 Å². The van der Waals surface area contributed by atoms with E-state index >= 15 is 0 Å². The van der Waals surface area contributed by atoms with E-state index in [2.05, 4.69) is 33.3 Å². The van der Waals surface area contributed by atoms with Crippen LogP contribution in [-0.2, 0) is 13.5 Å². The Morgan fingerprint density at radius 2 is 1.70 bits per heavy atom. The van der Waals surface area contributed by atoms with Crippen LogP contribution in [0.2, 0.25) is 0 Å². The highest BCUT2D eigenvalue weighted by molar-refractivity contribution is 7.10. The van der Waals surface area contributed by atoms with Crippen LogP contribution in [0.1, 0.15) is 32.8 Å². The zero-order chi connectivity index (χ0) is 23.3. The van der Waals surface area contributed by atoms with Crippen molar-refractivity contribution in [2.45, 2.75) is 34.1 Å². The van der Waals surface area contributed by atoms with Gasteiger partial charge < -0.3 is 4.57 Å². The van der Waals surface area contributed by atoms with Crippen molar-refractivity contribution in [1.82, 2.24) is 23.9 Å². The second kappa shape index (κ2) is 8.28. The maximum absolute atomic E-state index is 13.6. The quantitative estimate of drug-likeness (QED) is 0.343. The lowest BCUT2D eigenvalue weighted by atomic mass is 10.2. The van der Waals surface area contributed by atoms with Gasteiger partial charge in [0.25, 0.3) is 5.56 Å². The van der Waals surface area contributed by atoms with Gasteiger partial charge >= 0.3 is 0 Å². The second-order valence-electron chi connectivity index (χ2n) is 8.19. The SMILES string of the molecule is Cc1nc(Cc2nc(-c3cc(C)n(-c4c(C)n(C)n(-c5ccccc5)c4=O)c3C)cs2)cs1. The zero-order valence-electron chi connectivity index (χ0n) is 19.3. The molecule has 0 radical (unpaired) electrons. The molecule has 0 spiro atoms. The van der Waals surface area contributed by atoms with Crippen LogP contribution in [0, 0.1) is 27.7 Å². The molecule has 5 rings (SSSR count). The van der Waals surface area contributed by atoms with Crippen LogP contribution in [0.5, 0.6) is 0 Å². The molecule has 0 atom stereocenters. The summed E-state index contributed by atoms with van der Waals surface area (Å²) in [6.45, 7) is 8.11. The molecular formula is C25H25N5OS2. The minimum Gasteiger partial charge on any atom is -0.311 e. The topological polar surface area (TPSA) is 57.6 Å². The lowest BCUT2D eigenvalue weighted by molar-refractivity contribution is 0.630. The Balaban J connectivity index is 1.57. The molecular weight excluding hydrogens is 450 g/mol. The molecule has 0 unspecified atom stereocenters. The fraction of sp³-hybridized carbons (Fsp3) is 0.240. The van der Waals surface area contributed by atoms with Gasteiger partial charge in [0.15, 0.2) is 0 Å². The van der Waals surface area contributed by atoms with Crippen molar-refractivity contribution in [2.75, 3.05) is 0 Å². The zero-order valence-corrected chi connectivity index (χ0v) is 20.9. The van der Waals surface area contributed by atoms with Crippen LogP contribution in [0.4, 0.5) is 0 Å². The van der Waals surface area contributed by atoms with Crippen molar-refractivity contribution in [1.29, 1.82) is 0 Å². The summed E-state index contributed by atoms with van der Waals surface area (Å²) >= 11 is 3.32. The third-order valence-corrected chi connectivity index (χ3v) is 7.68. The van der Waals surface area contributed by atoms with Gasteiger partial charge in [0.05, 0.1) is 32.8 Å². The highest BCUT2D eigenvalue weighted by Crippen LogP contribution is 2.31. The Hall–Kier alpha value is -3.23. The standard InChI is InChI=1S/C25H25N5OS2/c1-15-11-21(22-14-33-23(27-22)12-19-13-32-18(4)26-19)16(2)29(15)24-17(3)28(5)30(25(24)31)20-9-7-6-8-10-20/h6-11,13-14H,12H2,1-5H3. The number of hydrogen-bond acceptors (Lipinski definition) is 5. The Bertz CT molecular complexity index is 1510. The van der Waals surface area contributed by atoms with Crippen molar-refractivity contribution in [3.05, 3.63) is 90.3 Å². The molecule has 0 aliphatic heterocycles. The number of para-hydroxylation sites is 1. The number of benzene rings is 1. The summed E-state index contributed by atoms with van der Waals surface area (Å²) in [5.74, 6) is 0. The molecule has 0 aliphatic carbocycles. The molecule has 0 saturated heterocycles. The summed E-state index contributed by atoms with van der Waals surface area (Å²) < 4.78 is 5.71. The van der Waals surface area contributed by atoms with Gasteiger partial charge in [-0.1, -0.05) is 18.2 Å². The smallest absolute Gasteiger partial charge is 0.295 e. The first kappa shape index (κ1) is 21.6. The van der Waals surface area contributed by atoms with Crippen LogP contribution in [0.3, 0.4) is 0 Å². The Labute approximate surface area is 200 Å². The first-order chi connectivity index (χ1) is 15.8. The van der Waals surface area contributed by atoms with Crippen molar-refractivity contribution in [2.24, 2.45) is 7.05 Å². The van der Waals surface area contributed by atoms with Crippen molar-refractivity contribution < 1.29 is 0 Å². The van der Waals surface area contributed by atoms with Gasteiger partial charge in [-0.3, -0.25) is 9.48 Å². The lowest BCUT2D eigenvalue weighted by Gasteiger charge is -2.08. The summed E-state index contributed by atoms with van der Waals surface area (Å²) in [7, 11) is 1.93. The molecule has 0 bridgehead atoms. The summed E-state index contributed by atoms with van der Waals surface area (Å²) in [5.41, 5.74) is 7.49.